The Morgan fingerprint density at radius 2 is 2.17 bits per heavy atom. The number of rotatable bonds is 6. The number of carbonyl (C=O) groups excluding carboxylic acids is 1. The molecule has 1 saturated heterocycles. The molecule has 1 aliphatic rings. The van der Waals surface area contributed by atoms with E-state index >= 15 is 0 Å². The Bertz CT molecular complexity index is 978. The van der Waals surface area contributed by atoms with Crippen molar-refractivity contribution in [2.24, 2.45) is 5.73 Å². The average Bonchev–Trinajstić information content (AvgIpc) is 3.11. The fourth-order valence-electron chi connectivity index (χ4n) is 3.47. The van der Waals surface area contributed by atoms with Crippen molar-refractivity contribution in [3.63, 3.8) is 0 Å². The summed E-state index contributed by atoms with van der Waals surface area (Å²) in [6.07, 6.45) is 5.71. The van der Waals surface area contributed by atoms with Crippen molar-refractivity contribution in [3.8, 4) is 5.69 Å². The molecule has 1 fully saturated rings. The second-order valence-electron chi connectivity index (χ2n) is 6.92. The second-order valence-corrected chi connectivity index (χ2v) is 6.92. The fraction of sp³-hybridized carbons (Fsp3) is 0.364. The van der Waals surface area contributed by atoms with E-state index < -0.39 is 6.04 Å². The topological polar surface area (TPSA) is 85.4 Å². The van der Waals surface area contributed by atoms with E-state index in [2.05, 4.69) is 31.0 Å². The number of hydrogen-bond donors (Lipinski definition) is 2. The summed E-state index contributed by atoms with van der Waals surface area (Å²) >= 11 is 0. The number of ether oxygens (including phenoxy) is 1. The Balaban J connectivity index is 2.12. The maximum atomic E-state index is 12.7. The molecule has 1 atom stereocenters. The lowest BCUT2D eigenvalue weighted by Gasteiger charge is -2.34. The minimum atomic E-state index is -0.460. The van der Waals surface area contributed by atoms with E-state index in [-0.39, 0.29) is 5.91 Å². The van der Waals surface area contributed by atoms with Crippen LogP contribution in [0.4, 0.5) is 5.82 Å². The van der Waals surface area contributed by atoms with Gasteiger partial charge in [-0.05, 0) is 32.1 Å². The van der Waals surface area contributed by atoms with E-state index in [0.29, 0.717) is 32.8 Å². The lowest BCUT2D eigenvalue weighted by molar-refractivity contribution is -0.124. The third-order valence-electron chi connectivity index (χ3n) is 4.92. The van der Waals surface area contributed by atoms with Crippen LogP contribution in [-0.4, -0.2) is 54.6 Å². The van der Waals surface area contributed by atoms with Crippen LogP contribution in [0, 0.1) is 6.92 Å². The lowest BCUT2D eigenvalue weighted by Crippen LogP contribution is -2.56. The standard InChI is InChI=1S/C22H29N5O2/c1-4-6-18-19(5-2)27(17-9-7-16(3)8-10-17)25-21(18)26-13-14-29-15-20(26)22(28)24-12-11-23/h4-10,20H,1,11-15,23H2,2-3H3,(H,24,28)/b18-6+,19-5+. The lowest BCUT2D eigenvalue weighted by atomic mass is 10.2. The molecule has 1 unspecified atom stereocenters. The molecule has 1 aromatic heterocycles. The molecule has 0 saturated carbocycles. The number of aryl methyl sites for hydroxylation is 1. The van der Waals surface area contributed by atoms with Gasteiger partial charge in [-0.25, -0.2) is 4.68 Å². The maximum Gasteiger partial charge on any atom is 0.245 e. The Labute approximate surface area is 171 Å². The van der Waals surface area contributed by atoms with E-state index in [9.17, 15) is 4.79 Å². The molecule has 3 rings (SSSR count). The summed E-state index contributed by atoms with van der Waals surface area (Å²) < 4.78 is 7.50. The zero-order valence-corrected chi connectivity index (χ0v) is 17.1. The summed E-state index contributed by atoms with van der Waals surface area (Å²) in [5.41, 5.74) is 7.69. The molecule has 7 nitrogen and oxygen atoms in total. The van der Waals surface area contributed by atoms with Gasteiger partial charge in [0.05, 0.1) is 24.3 Å². The van der Waals surface area contributed by atoms with Gasteiger partial charge in [-0.3, -0.25) is 4.79 Å². The summed E-state index contributed by atoms with van der Waals surface area (Å²) in [6.45, 7) is 10.2. The number of hydrogen-bond acceptors (Lipinski definition) is 5. The van der Waals surface area contributed by atoms with Crippen LogP contribution in [0.3, 0.4) is 0 Å². The normalized spacial score (nSPS) is 18.2. The Morgan fingerprint density at radius 1 is 1.41 bits per heavy atom. The van der Waals surface area contributed by atoms with Crippen LogP contribution in [0.15, 0.2) is 36.9 Å². The number of nitrogens with zero attached hydrogens (tertiary/aromatic N) is 3. The highest BCUT2D eigenvalue weighted by Gasteiger charge is 2.32. The van der Waals surface area contributed by atoms with Crippen LogP contribution >= 0.6 is 0 Å². The van der Waals surface area contributed by atoms with Crippen molar-refractivity contribution in [2.45, 2.75) is 19.9 Å². The van der Waals surface area contributed by atoms with Gasteiger partial charge in [-0.15, -0.1) is 5.10 Å². The second kappa shape index (κ2) is 9.54. The Morgan fingerprint density at radius 3 is 2.83 bits per heavy atom. The van der Waals surface area contributed by atoms with Crippen molar-refractivity contribution < 1.29 is 9.53 Å². The Kier molecular flexibility index (Phi) is 6.85. The van der Waals surface area contributed by atoms with Crippen molar-refractivity contribution in [1.29, 1.82) is 0 Å². The number of aromatic nitrogens is 2. The summed E-state index contributed by atoms with van der Waals surface area (Å²) in [5, 5.41) is 9.66. The third kappa shape index (κ3) is 4.41. The summed E-state index contributed by atoms with van der Waals surface area (Å²) in [7, 11) is 0. The maximum absolute atomic E-state index is 12.7. The number of morpholine rings is 1. The molecule has 7 heteroatoms. The molecule has 2 heterocycles. The van der Waals surface area contributed by atoms with Crippen LogP contribution in [-0.2, 0) is 9.53 Å². The SMILES string of the molecule is C=C/C=c1/c(N2CCOCC2C(=O)NCCN)nn(-c2ccc(C)cc2)/c1=C/C. The zero-order valence-electron chi connectivity index (χ0n) is 17.1. The first-order valence-electron chi connectivity index (χ1n) is 9.88. The molecule has 154 valence electrons. The third-order valence-corrected chi connectivity index (χ3v) is 4.92. The molecule has 3 N–H and O–H groups in total. The van der Waals surface area contributed by atoms with Crippen molar-refractivity contribution in [1.82, 2.24) is 15.1 Å². The molecule has 1 aromatic carbocycles. The number of anilines is 1. The first-order chi connectivity index (χ1) is 14.1. The molecule has 0 spiro atoms. The Hall–Kier alpha value is -2.90. The number of carbonyl (C=O) groups is 1. The van der Waals surface area contributed by atoms with Crippen LogP contribution < -0.4 is 26.5 Å². The molecule has 0 aliphatic carbocycles. The monoisotopic (exact) mass is 395 g/mol. The first-order valence-corrected chi connectivity index (χ1v) is 9.88. The fourth-order valence-corrected chi connectivity index (χ4v) is 3.47. The molecular weight excluding hydrogens is 366 g/mol. The van der Waals surface area contributed by atoms with Gasteiger partial charge >= 0.3 is 0 Å². The molecule has 1 amide bonds. The number of amides is 1. The first kappa shape index (κ1) is 20.8. The van der Waals surface area contributed by atoms with E-state index in [1.165, 1.54) is 5.56 Å². The highest BCUT2D eigenvalue weighted by molar-refractivity contribution is 5.85. The van der Waals surface area contributed by atoms with Gasteiger partial charge in [-0.2, -0.15) is 0 Å². The van der Waals surface area contributed by atoms with E-state index in [4.69, 9.17) is 15.6 Å². The van der Waals surface area contributed by atoms with Crippen molar-refractivity contribution >= 4 is 23.9 Å². The predicted molar refractivity (Wildman–Crippen MR) is 116 cm³/mol. The van der Waals surface area contributed by atoms with Gasteiger partial charge < -0.3 is 20.7 Å². The van der Waals surface area contributed by atoms with Crippen LogP contribution in [0.1, 0.15) is 12.5 Å². The van der Waals surface area contributed by atoms with Gasteiger partial charge in [0, 0.05) is 24.9 Å². The highest BCUT2D eigenvalue weighted by Crippen LogP contribution is 2.15. The molecule has 2 aromatic rings. The molecule has 29 heavy (non-hydrogen) atoms. The van der Waals surface area contributed by atoms with Crippen molar-refractivity contribution in [2.75, 3.05) is 37.7 Å². The van der Waals surface area contributed by atoms with E-state index in [1.54, 1.807) is 6.08 Å². The van der Waals surface area contributed by atoms with Crippen LogP contribution in [0.5, 0.6) is 0 Å². The zero-order chi connectivity index (χ0) is 20.8. The number of nitrogens with one attached hydrogen (secondary N) is 1. The van der Waals surface area contributed by atoms with E-state index in [1.807, 2.05) is 40.8 Å². The van der Waals surface area contributed by atoms with Gasteiger partial charge in [0.25, 0.3) is 0 Å². The highest BCUT2D eigenvalue weighted by atomic mass is 16.5. The summed E-state index contributed by atoms with van der Waals surface area (Å²) in [5.74, 6) is 0.640. The van der Waals surface area contributed by atoms with Gasteiger partial charge in [0.1, 0.15) is 6.04 Å². The van der Waals surface area contributed by atoms with Crippen molar-refractivity contribution in [3.05, 3.63) is 53.1 Å². The number of allylic oxidation sites excluding steroid dienone is 1. The van der Waals surface area contributed by atoms with Crippen LogP contribution in [0.2, 0.25) is 0 Å². The minimum absolute atomic E-state index is 0.105. The number of benzene rings is 1. The van der Waals surface area contributed by atoms with Crippen LogP contribution in [0.25, 0.3) is 17.8 Å². The van der Waals surface area contributed by atoms with E-state index in [0.717, 1.165) is 22.1 Å². The molecule has 0 radical (unpaired) electrons. The molecular formula is C22H29N5O2. The minimum Gasteiger partial charge on any atom is -0.377 e. The predicted octanol–water partition coefficient (Wildman–Crippen LogP) is 0.228. The summed E-state index contributed by atoms with van der Waals surface area (Å²) in [6, 6.07) is 7.75. The molecule has 0 bridgehead atoms. The quantitative estimate of drug-likeness (QED) is 0.731. The smallest absolute Gasteiger partial charge is 0.245 e. The van der Waals surface area contributed by atoms with Gasteiger partial charge in [-0.1, -0.05) is 36.4 Å². The molecule has 1 aliphatic heterocycles. The van der Waals surface area contributed by atoms with Gasteiger partial charge in [0.2, 0.25) is 5.91 Å². The number of nitrogens with two attached hydrogens (primary N) is 1. The average molecular weight is 396 g/mol. The summed E-state index contributed by atoms with van der Waals surface area (Å²) in [4.78, 5) is 14.7. The van der Waals surface area contributed by atoms with Gasteiger partial charge in [0.15, 0.2) is 5.82 Å². The largest absolute Gasteiger partial charge is 0.377 e.